The molecule has 0 atom stereocenters. The standard InChI is InChI=1S/C10H10N6S/c1-2-8-13-14-10-16(8)15-9(17-10)6-3-4-7(11)12-5-6/h3-5H,2H2,1H3,(H2,11,12). The van der Waals surface area contributed by atoms with Crippen molar-refractivity contribution in [2.45, 2.75) is 13.3 Å². The molecule has 3 aromatic rings. The number of fused-ring (bicyclic) bond motifs is 1. The zero-order chi connectivity index (χ0) is 11.8. The molecule has 0 bridgehead atoms. The molecule has 0 unspecified atom stereocenters. The van der Waals surface area contributed by atoms with E-state index in [1.807, 2.05) is 13.0 Å². The highest BCUT2D eigenvalue weighted by Crippen LogP contribution is 2.25. The van der Waals surface area contributed by atoms with Crippen molar-refractivity contribution in [1.82, 2.24) is 24.8 Å². The van der Waals surface area contributed by atoms with E-state index in [1.54, 1.807) is 16.8 Å². The number of hydrogen-bond acceptors (Lipinski definition) is 6. The maximum Gasteiger partial charge on any atom is 0.234 e. The van der Waals surface area contributed by atoms with E-state index in [1.165, 1.54) is 11.3 Å². The second kappa shape index (κ2) is 3.77. The SMILES string of the molecule is CCc1nnc2sc(-c3ccc(N)nc3)nn12. The summed E-state index contributed by atoms with van der Waals surface area (Å²) in [6, 6.07) is 3.66. The number of nitrogens with zero attached hydrogens (tertiary/aromatic N) is 5. The second-order valence-corrected chi connectivity index (χ2v) is 4.50. The van der Waals surface area contributed by atoms with Gasteiger partial charge in [-0.25, -0.2) is 4.98 Å². The molecule has 0 aliphatic rings. The minimum atomic E-state index is 0.506. The van der Waals surface area contributed by atoms with Crippen molar-refractivity contribution in [2.24, 2.45) is 0 Å². The third-order valence-corrected chi connectivity index (χ3v) is 3.35. The fourth-order valence-corrected chi connectivity index (χ4v) is 2.37. The van der Waals surface area contributed by atoms with Crippen LogP contribution in [0.3, 0.4) is 0 Å². The molecule has 3 heterocycles. The number of rotatable bonds is 2. The number of aromatic nitrogens is 5. The maximum absolute atomic E-state index is 5.55. The number of nitrogen functional groups attached to an aromatic ring is 1. The van der Waals surface area contributed by atoms with Crippen molar-refractivity contribution in [3.63, 3.8) is 0 Å². The van der Waals surface area contributed by atoms with Gasteiger partial charge in [-0.1, -0.05) is 18.3 Å². The molecule has 3 rings (SSSR count). The summed E-state index contributed by atoms with van der Waals surface area (Å²) in [7, 11) is 0. The third kappa shape index (κ3) is 1.64. The van der Waals surface area contributed by atoms with Crippen LogP contribution in [-0.4, -0.2) is 24.8 Å². The van der Waals surface area contributed by atoms with E-state index in [0.29, 0.717) is 5.82 Å². The van der Waals surface area contributed by atoms with E-state index in [0.717, 1.165) is 27.8 Å². The maximum atomic E-state index is 5.55. The first-order chi connectivity index (χ1) is 8.28. The van der Waals surface area contributed by atoms with E-state index in [4.69, 9.17) is 5.73 Å². The van der Waals surface area contributed by atoms with E-state index in [2.05, 4.69) is 20.3 Å². The summed E-state index contributed by atoms with van der Waals surface area (Å²) in [6.07, 6.45) is 2.52. The molecule has 0 fully saturated rings. The Morgan fingerprint density at radius 2 is 2.24 bits per heavy atom. The Bertz CT molecular complexity index is 653. The number of pyridine rings is 1. The van der Waals surface area contributed by atoms with Crippen LogP contribution in [0.5, 0.6) is 0 Å². The van der Waals surface area contributed by atoms with Gasteiger partial charge >= 0.3 is 0 Å². The van der Waals surface area contributed by atoms with Gasteiger partial charge in [-0.3, -0.25) is 0 Å². The highest BCUT2D eigenvalue weighted by atomic mass is 32.1. The first-order valence-corrected chi connectivity index (χ1v) is 6.02. The highest BCUT2D eigenvalue weighted by molar-refractivity contribution is 7.19. The summed E-state index contributed by atoms with van der Waals surface area (Å²) in [5, 5.41) is 13.5. The second-order valence-electron chi connectivity index (χ2n) is 3.54. The smallest absolute Gasteiger partial charge is 0.234 e. The number of anilines is 1. The van der Waals surface area contributed by atoms with Gasteiger partial charge in [0.2, 0.25) is 4.96 Å². The molecule has 0 spiro atoms. The molecule has 6 nitrogen and oxygen atoms in total. The highest BCUT2D eigenvalue weighted by Gasteiger charge is 2.11. The van der Waals surface area contributed by atoms with E-state index < -0.39 is 0 Å². The molecule has 0 aliphatic heterocycles. The summed E-state index contributed by atoms with van der Waals surface area (Å²) in [4.78, 5) is 4.85. The zero-order valence-electron chi connectivity index (χ0n) is 9.16. The zero-order valence-corrected chi connectivity index (χ0v) is 9.98. The molecule has 17 heavy (non-hydrogen) atoms. The minimum Gasteiger partial charge on any atom is -0.384 e. The van der Waals surface area contributed by atoms with Gasteiger partial charge in [0.1, 0.15) is 10.8 Å². The Morgan fingerprint density at radius 1 is 1.35 bits per heavy atom. The molecule has 0 aromatic carbocycles. The Kier molecular flexibility index (Phi) is 2.25. The predicted octanol–water partition coefficient (Wildman–Crippen LogP) is 1.39. The average molecular weight is 246 g/mol. The molecule has 0 saturated heterocycles. The summed E-state index contributed by atoms with van der Waals surface area (Å²) in [5.41, 5.74) is 6.49. The lowest BCUT2D eigenvalue weighted by Gasteiger charge is -1.95. The van der Waals surface area contributed by atoms with Gasteiger partial charge < -0.3 is 5.73 Å². The number of hydrogen-bond donors (Lipinski definition) is 1. The lowest BCUT2D eigenvalue weighted by atomic mass is 10.3. The van der Waals surface area contributed by atoms with Crippen LogP contribution in [0.25, 0.3) is 15.5 Å². The number of nitrogens with two attached hydrogens (primary N) is 1. The van der Waals surface area contributed by atoms with Crippen molar-refractivity contribution in [3.05, 3.63) is 24.2 Å². The molecule has 7 heteroatoms. The van der Waals surface area contributed by atoms with Gasteiger partial charge in [-0.2, -0.15) is 9.61 Å². The molecule has 0 amide bonds. The van der Waals surface area contributed by atoms with Gasteiger partial charge in [0.25, 0.3) is 0 Å². The Hall–Kier alpha value is -2.02. The number of aryl methyl sites for hydroxylation is 1. The van der Waals surface area contributed by atoms with Crippen molar-refractivity contribution >= 4 is 22.1 Å². The Balaban J connectivity index is 2.11. The lowest BCUT2D eigenvalue weighted by Crippen LogP contribution is -1.94. The van der Waals surface area contributed by atoms with Crippen LogP contribution in [0.2, 0.25) is 0 Å². The molecule has 86 valence electrons. The first-order valence-electron chi connectivity index (χ1n) is 5.21. The molecule has 0 saturated carbocycles. The lowest BCUT2D eigenvalue weighted by molar-refractivity contribution is 0.838. The van der Waals surface area contributed by atoms with Gasteiger partial charge in [-0.05, 0) is 12.1 Å². The summed E-state index contributed by atoms with van der Waals surface area (Å²) in [6.45, 7) is 2.03. The average Bonchev–Trinajstić information content (AvgIpc) is 2.89. The minimum absolute atomic E-state index is 0.506. The van der Waals surface area contributed by atoms with Gasteiger partial charge in [0, 0.05) is 18.2 Å². The van der Waals surface area contributed by atoms with Crippen molar-refractivity contribution in [2.75, 3.05) is 5.73 Å². The third-order valence-electron chi connectivity index (χ3n) is 2.40. The summed E-state index contributed by atoms with van der Waals surface area (Å²) in [5.74, 6) is 1.37. The van der Waals surface area contributed by atoms with E-state index in [9.17, 15) is 0 Å². The van der Waals surface area contributed by atoms with Crippen LogP contribution in [0.15, 0.2) is 18.3 Å². The first kappa shape index (κ1) is 10.2. The largest absolute Gasteiger partial charge is 0.384 e. The van der Waals surface area contributed by atoms with Crippen LogP contribution in [0.4, 0.5) is 5.82 Å². The Morgan fingerprint density at radius 3 is 2.94 bits per heavy atom. The van der Waals surface area contributed by atoms with Crippen LogP contribution in [0.1, 0.15) is 12.7 Å². The molecule has 0 radical (unpaired) electrons. The monoisotopic (exact) mass is 246 g/mol. The molecule has 3 aromatic heterocycles. The van der Waals surface area contributed by atoms with Crippen LogP contribution >= 0.6 is 11.3 Å². The van der Waals surface area contributed by atoms with E-state index in [-0.39, 0.29) is 0 Å². The predicted molar refractivity (Wildman–Crippen MR) is 65.7 cm³/mol. The Labute approximate surface area is 101 Å². The van der Waals surface area contributed by atoms with Gasteiger partial charge in [0.15, 0.2) is 5.82 Å². The molecular weight excluding hydrogens is 236 g/mol. The quantitative estimate of drug-likeness (QED) is 0.739. The van der Waals surface area contributed by atoms with Crippen molar-refractivity contribution in [1.29, 1.82) is 0 Å². The topological polar surface area (TPSA) is 82.0 Å². The van der Waals surface area contributed by atoms with Crippen LogP contribution in [0, 0.1) is 0 Å². The molecular formula is C10H10N6S. The van der Waals surface area contributed by atoms with Crippen molar-refractivity contribution in [3.8, 4) is 10.6 Å². The molecule has 0 aliphatic carbocycles. The fourth-order valence-electron chi connectivity index (χ4n) is 1.53. The molecule has 2 N–H and O–H groups in total. The van der Waals surface area contributed by atoms with E-state index >= 15 is 0 Å². The van der Waals surface area contributed by atoms with Crippen LogP contribution in [-0.2, 0) is 6.42 Å². The normalized spacial score (nSPS) is 11.1. The van der Waals surface area contributed by atoms with Gasteiger partial charge in [-0.15, -0.1) is 10.2 Å². The summed E-state index contributed by atoms with van der Waals surface area (Å²) >= 11 is 1.49. The summed E-state index contributed by atoms with van der Waals surface area (Å²) < 4.78 is 1.77. The van der Waals surface area contributed by atoms with Gasteiger partial charge in [0.05, 0.1) is 0 Å². The fraction of sp³-hybridized carbons (Fsp3) is 0.200. The van der Waals surface area contributed by atoms with Crippen molar-refractivity contribution < 1.29 is 0 Å². The van der Waals surface area contributed by atoms with Crippen LogP contribution < -0.4 is 5.73 Å².